The maximum absolute atomic E-state index is 5.08. The van der Waals surface area contributed by atoms with E-state index in [1.54, 1.807) is 0 Å². The van der Waals surface area contributed by atoms with E-state index in [0.29, 0.717) is 0 Å². The van der Waals surface area contributed by atoms with E-state index in [1.165, 1.54) is 75.9 Å². The minimum Gasteiger partial charge on any atom is -0.341 e. The zero-order valence-electron chi connectivity index (χ0n) is 35.3. The molecule has 0 saturated heterocycles. The number of fused-ring (bicyclic) bond motifs is 6. The number of nitrogens with zero attached hydrogens (tertiary/aromatic N) is 3. The molecule has 0 spiro atoms. The van der Waals surface area contributed by atoms with E-state index in [1.807, 2.05) is 6.20 Å². The molecule has 62 heavy (non-hydrogen) atoms. The predicted octanol–water partition coefficient (Wildman–Crippen LogP) is 11.5. The Hall–Kier alpha value is -7.27. The Morgan fingerprint density at radius 2 is 1.10 bits per heavy atom. The maximum Gasteiger partial charge on any atom is 0.180 e. The van der Waals surface area contributed by atoms with Crippen LogP contribution in [-0.2, 0) is 12.0 Å². The van der Waals surface area contributed by atoms with Crippen molar-refractivity contribution < 1.29 is 0 Å². The molecule has 298 valence electrons. The Bertz CT molecular complexity index is 3260. The van der Waals surface area contributed by atoms with Crippen LogP contribution in [-0.4, -0.2) is 22.2 Å². The molecule has 2 aromatic heterocycles. The molecular formula is C58H47N3Si. The third-order valence-corrected chi connectivity index (χ3v) is 18.2. The number of hydrogen-bond acceptors (Lipinski definition) is 1. The van der Waals surface area contributed by atoms with E-state index in [0.717, 1.165) is 23.6 Å². The standard InChI is InChI=1S/C58H47N3Si/c1-4-60-54-26-16-14-24-49(54)51-38-41(31-35-55(51)60)28-29-42-30-33-47-48-34-32-46(40-53(48)58(2,3)52(47)39-42)62(44-20-10-6-11-21-44,45-22-12-7-13-23-45)56-27-17-15-25-50(56)57-59-36-37-61(57)43-18-8-5-9-19-43/h5-40H,4H2,1-3H3. The minimum absolute atomic E-state index is 0.220. The Labute approximate surface area is 364 Å². The van der Waals surface area contributed by atoms with Gasteiger partial charge < -0.3 is 4.57 Å². The molecule has 0 fully saturated rings. The number of benzene rings is 8. The monoisotopic (exact) mass is 813 g/mol. The van der Waals surface area contributed by atoms with Crippen LogP contribution in [0.15, 0.2) is 207 Å². The van der Waals surface area contributed by atoms with Crippen LogP contribution in [0.1, 0.15) is 43.0 Å². The SMILES string of the molecule is CCn1c2ccccc2c2cc(C=Cc3ccc4c(c3)C(C)(C)c3cc([Si](c5ccccc5)(c5ccccc5)c5ccccc5-c5nccn5-c5ccccc5)ccc3-4)ccc21. The van der Waals surface area contributed by atoms with E-state index < -0.39 is 8.07 Å². The molecule has 0 aliphatic heterocycles. The summed E-state index contributed by atoms with van der Waals surface area (Å²) in [4.78, 5) is 5.08. The maximum atomic E-state index is 5.08. The Balaban J connectivity index is 1.05. The second kappa shape index (κ2) is 15.0. The molecular weight excluding hydrogens is 767 g/mol. The summed E-state index contributed by atoms with van der Waals surface area (Å²) >= 11 is 0. The van der Waals surface area contributed by atoms with Crippen molar-refractivity contribution in [2.45, 2.75) is 32.7 Å². The lowest BCUT2D eigenvalue weighted by Gasteiger charge is -2.36. The molecule has 0 unspecified atom stereocenters. The second-order valence-corrected chi connectivity index (χ2v) is 20.8. The summed E-state index contributed by atoms with van der Waals surface area (Å²) in [7, 11) is -3.00. The van der Waals surface area contributed by atoms with Crippen LogP contribution >= 0.6 is 0 Å². The summed E-state index contributed by atoms with van der Waals surface area (Å²) in [5.74, 6) is 0.942. The molecule has 8 aromatic carbocycles. The molecule has 3 nitrogen and oxygen atoms in total. The van der Waals surface area contributed by atoms with Gasteiger partial charge in [-0.2, -0.15) is 0 Å². The first-order chi connectivity index (χ1) is 30.5. The molecule has 0 atom stereocenters. The van der Waals surface area contributed by atoms with Gasteiger partial charge >= 0.3 is 0 Å². The first-order valence-corrected chi connectivity index (χ1v) is 23.8. The van der Waals surface area contributed by atoms with E-state index in [2.05, 4.69) is 242 Å². The summed E-state index contributed by atoms with van der Waals surface area (Å²) in [6.07, 6.45) is 8.56. The normalized spacial score (nSPS) is 13.2. The van der Waals surface area contributed by atoms with Gasteiger partial charge in [0.1, 0.15) is 5.82 Å². The topological polar surface area (TPSA) is 22.8 Å². The van der Waals surface area contributed by atoms with Gasteiger partial charge in [-0.25, -0.2) is 4.98 Å². The van der Waals surface area contributed by atoms with Crippen molar-refractivity contribution in [1.29, 1.82) is 0 Å². The fraction of sp³-hybridized carbons (Fsp3) is 0.0862. The van der Waals surface area contributed by atoms with Gasteiger partial charge in [-0.1, -0.05) is 190 Å². The Kier molecular flexibility index (Phi) is 9.13. The zero-order valence-corrected chi connectivity index (χ0v) is 36.3. The molecule has 0 bridgehead atoms. The highest BCUT2D eigenvalue weighted by molar-refractivity contribution is 7.20. The van der Waals surface area contributed by atoms with Crippen molar-refractivity contribution >= 4 is 62.8 Å². The first-order valence-electron chi connectivity index (χ1n) is 21.8. The molecule has 10 aromatic rings. The van der Waals surface area contributed by atoms with Gasteiger partial charge in [-0.3, -0.25) is 4.57 Å². The van der Waals surface area contributed by atoms with Gasteiger partial charge in [0, 0.05) is 57.4 Å². The van der Waals surface area contributed by atoms with Crippen molar-refractivity contribution in [1.82, 2.24) is 14.1 Å². The predicted molar refractivity (Wildman–Crippen MR) is 264 cm³/mol. The van der Waals surface area contributed by atoms with Crippen molar-refractivity contribution in [2.75, 3.05) is 0 Å². The minimum atomic E-state index is -3.00. The molecule has 2 heterocycles. The van der Waals surface area contributed by atoms with Gasteiger partial charge in [0.25, 0.3) is 0 Å². The molecule has 0 radical (unpaired) electrons. The molecule has 11 rings (SSSR count). The second-order valence-electron chi connectivity index (χ2n) is 17.0. The van der Waals surface area contributed by atoms with Crippen LogP contribution < -0.4 is 20.7 Å². The van der Waals surface area contributed by atoms with Gasteiger partial charge in [0.15, 0.2) is 8.07 Å². The first kappa shape index (κ1) is 37.7. The third kappa shape index (κ3) is 5.89. The Morgan fingerprint density at radius 1 is 0.516 bits per heavy atom. The molecule has 0 N–H and O–H groups in total. The number of rotatable bonds is 9. The van der Waals surface area contributed by atoms with E-state index in [-0.39, 0.29) is 5.41 Å². The van der Waals surface area contributed by atoms with Crippen LogP contribution in [0.2, 0.25) is 0 Å². The number of aryl methyl sites for hydroxylation is 1. The fourth-order valence-corrected chi connectivity index (χ4v) is 15.4. The summed E-state index contributed by atoms with van der Waals surface area (Å²) in [5, 5.41) is 7.98. The van der Waals surface area contributed by atoms with E-state index >= 15 is 0 Å². The fourth-order valence-electron chi connectivity index (χ4n) is 10.4. The highest BCUT2D eigenvalue weighted by Gasteiger charge is 2.45. The lowest BCUT2D eigenvalue weighted by Crippen LogP contribution is -2.75. The largest absolute Gasteiger partial charge is 0.341 e. The smallest absolute Gasteiger partial charge is 0.180 e. The Morgan fingerprint density at radius 3 is 1.82 bits per heavy atom. The van der Waals surface area contributed by atoms with Gasteiger partial charge in [0.2, 0.25) is 0 Å². The van der Waals surface area contributed by atoms with Gasteiger partial charge in [-0.15, -0.1) is 0 Å². The number of imidazole rings is 1. The van der Waals surface area contributed by atoms with Crippen LogP contribution in [0.4, 0.5) is 0 Å². The van der Waals surface area contributed by atoms with E-state index in [4.69, 9.17) is 4.98 Å². The number of para-hydroxylation sites is 2. The highest BCUT2D eigenvalue weighted by Crippen LogP contribution is 2.49. The average Bonchev–Trinajstić information content (AvgIpc) is 4.01. The summed E-state index contributed by atoms with van der Waals surface area (Å²) in [6.45, 7) is 7.99. The van der Waals surface area contributed by atoms with Crippen LogP contribution in [0, 0.1) is 0 Å². The van der Waals surface area contributed by atoms with Crippen molar-refractivity contribution in [3.8, 4) is 28.2 Å². The molecule has 1 aliphatic carbocycles. The van der Waals surface area contributed by atoms with Gasteiger partial charge in [-0.05, 0) is 91.4 Å². The van der Waals surface area contributed by atoms with Crippen molar-refractivity contribution in [2.24, 2.45) is 0 Å². The summed E-state index contributed by atoms with van der Waals surface area (Å²) in [6, 6.07) is 72.2. The summed E-state index contributed by atoms with van der Waals surface area (Å²) in [5.41, 5.74) is 12.4. The number of hydrogen-bond donors (Lipinski definition) is 0. The van der Waals surface area contributed by atoms with E-state index in [9.17, 15) is 0 Å². The zero-order chi connectivity index (χ0) is 41.8. The van der Waals surface area contributed by atoms with Crippen LogP contribution in [0.5, 0.6) is 0 Å². The van der Waals surface area contributed by atoms with Crippen LogP contribution in [0.25, 0.3) is 62.2 Å². The molecule has 0 amide bonds. The van der Waals surface area contributed by atoms with Crippen molar-refractivity contribution in [3.63, 3.8) is 0 Å². The average molecular weight is 814 g/mol. The quantitative estimate of drug-likeness (QED) is 0.0809. The highest BCUT2D eigenvalue weighted by atomic mass is 28.3. The van der Waals surface area contributed by atoms with Crippen molar-refractivity contribution in [3.05, 3.63) is 229 Å². The van der Waals surface area contributed by atoms with Crippen LogP contribution in [0.3, 0.4) is 0 Å². The molecule has 1 aliphatic rings. The third-order valence-electron chi connectivity index (χ3n) is 13.4. The summed E-state index contributed by atoms with van der Waals surface area (Å²) < 4.78 is 4.64. The number of aromatic nitrogens is 3. The lowest BCUT2D eigenvalue weighted by atomic mass is 9.82. The van der Waals surface area contributed by atoms with Gasteiger partial charge in [0.05, 0.1) is 0 Å². The lowest BCUT2D eigenvalue weighted by molar-refractivity contribution is 0.660. The molecule has 0 saturated carbocycles. The molecule has 4 heteroatoms.